The number of nitrogens with two attached hydrogens (primary N) is 1. The minimum absolute atomic E-state index is 0.0680. The maximum absolute atomic E-state index is 10.0. The Balaban J connectivity index is 2.23. The minimum atomic E-state index is -1.59. The summed E-state index contributed by atoms with van der Waals surface area (Å²) >= 11 is 6.09. The summed E-state index contributed by atoms with van der Waals surface area (Å²) in [5.74, 6) is -2.04. The lowest BCUT2D eigenvalue weighted by Crippen LogP contribution is -2.43. The zero-order chi connectivity index (χ0) is 17.6. The van der Waals surface area contributed by atoms with Gasteiger partial charge in [-0.2, -0.15) is 10.5 Å². The smallest absolute Gasteiger partial charge is 0.293 e. The first-order valence-electron chi connectivity index (χ1n) is 7.71. The SMILES string of the molecule is CCOC1(OCC)N=C(N)[C@@]2(C#N)[C@H](c3cccc(Cl)c3)[C@@]12C#N. The van der Waals surface area contributed by atoms with Crippen LogP contribution < -0.4 is 5.73 Å². The van der Waals surface area contributed by atoms with Gasteiger partial charge in [-0.15, -0.1) is 0 Å². The monoisotopic (exact) mass is 344 g/mol. The molecule has 0 unspecified atom stereocenters. The fraction of sp³-hybridized carbons (Fsp3) is 0.471. The Labute approximate surface area is 145 Å². The lowest BCUT2D eigenvalue weighted by molar-refractivity contribution is -0.255. The van der Waals surface area contributed by atoms with Gasteiger partial charge in [0, 0.05) is 24.2 Å². The van der Waals surface area contributed by atoms with E-state index in [1.807, 2.05) is 6.07 Å². The first-order chi connectivity index (χ1) is 11.5. The van der Waals surface area contributed by atoms with Crippen molar-refractivity contribution in [2.75, 3.05) is 13.2 Å². The molecule has 0 radical (unpaired) electrons. The van der Waals surface area contributed by atoms with Crippen molar-refractivity contribution in [3.8, 4) is 12.1 Å². The van der Waals surface area contributed by atoms with Gasteiger partial charge in [0.15, 0.2) is 5.41 Å². The molecule has 0 aromatic heterocycles. The topological polar surface area (TPSA) is 104 Å². The highest BCUT2D eigenvalue weighted by Crippen LogP contribution is 2.82. The van der Waals surface area contributed by atoms with Crippen LogP contribution in [0.1, 0.15) is 25.3 Å². The molecule has 3 rings (SSSR count). The van der Waals surface area contributed by atoms with Gasteiger partial charge in [0.2, 0.25) is 0 Å². The van der Waals surface area contributed by atoms with Gasteiger partial charge in [-0.25, -0.2) is 4.99 Å². The van der Waals surface area contributed by atoms with Crippen LogP contribution in [0.15, 0.2) is 29.3 Å². The summed E-state index contributed by atoms with van der Waals surface area (Å²) in [6.07, 6.45) is 0. The molecule has 0 saturated heterocycles. The van der Waals surface area contributed by atoms with Crippen LogP contribution in [0.25, 0.3) is 0 Å². The molecule has 0 amide bonds. The van der Waals surface area contributed by atoms with E-state index < -0.39 is 22.7 Å². The van der Waals surface area contributed by atoms with Gasteiger partial charge < -0.3 is 15.2 Å². The summed E-state index contributed by atoms with van der Waals surface area (Å²) in [6.45, 7) is 4.09. The third-order valence-electron chi connectivity index (χ3n) is 4.79. The maximum Gasteiger partial charge on any atom is 0.293 e. The largest absolute Gasteiger partial charge is 0.386 e. The van der Waals surface area contributed by atoms with Crippen molar-refractivity contribution < 1.29 is 9.47 Å². The van der Waals surface area contributed by atoms with E-state index in [0.29, 0.717) is 5.02 Å². The molecule has 1 aliphatic carbocycles. The van der Waals surface area contributed by atoms with E-state index >= 15 is 0 Å². The normalized spacial score (nSPS) is 32.4. The lowest BCUT2D eigenvalue weighted by Gasteiger charge is -2.31. The Morgan fingerprint density at radius 3 is 2.42 bits per heavy atom. The summed E-state index contributed by atoms with van der Waals surface area (Å²) in [7, 11) is 0. The van der Waals surface area contributed by atoms with Gasteiger partial charge in [0.25, 0.3) is 5.91 Å². The summed E-state index contributed by atoms with van der Waals surface area (Å²) in [4.78, 5) is 4.29. The molecule has 1 aromatic carbocycles. The summed E-state index contributed by atoms with van der Waals surface area (Å²) in [6, 6.07) is 11.5. The first kappa shape index (κ1) is 16.7. The Bertz CT molecular complexity index is 791. The van der Waals surface area contributed by atoms with Crippen LogP contribution >= 0.6 is 11.6 Å². The number of nitriles is 2. The van der Waals surface area contributed by atoms with Crippen molar-refractivity contribution in [2.24, 2.45) is 21.6 Å². The number of nitrogens with zero attached hydrogens (tertiary/aromatic N) is 3. The van der Waals surface area contributed by atoms with Crippen LogP contribution in [-0.4, -0.2) is 25.0 Å². The summed E-state index contributed by atoms with van der Waals surface area (Å²) in [5, 5.41) is 20.5. The second-order valence-corrected chi connectivity index (χ2v) is 6.21. The summed E-state index contributed by atoms with van der Waals surface area (Å²) in [5.41, 5.74) is 4.24. The molecule has 2 aliphatic rings. The van der Waals surface area contributed by atoms with Crippen molar-refractivity contribution in [3.05, 3.63) is 34.9 Å². The molecule has 0 bridgehead atoms. The molecule has 6 nitrogen and oxygen atoms in total. The molecule has 1 heterocycles. The Kier molecular flexibility index (Phi) is 3.80. The molecule has 1 aromatic rings. The molecular weight excluding hydrogens is 328 g/mol. The van der Waals surface area contributed by atoms with Crippen LogP contribution in [0.4, 0.5) is 0 Å². The Morgan fingerprint density at radius 1 is 1.25 bits per heavy atom. The van der Waals surface area contributed by atoms with Crippen molar-refractivity contribution in [1.82, 2.24) is 0 Å². The van der Waals surface area contributed by atoms with Crippen LogP contribution in [0.5, 0.6) is 0 Å². The number of benzene rings is 1. The molecule has 7 heteroatoms. The van der Waals surface area contributed by atoms with E-state index in [0.717, 1.165) is 5.56 Å². The van der Waals surface area contributed by atoms with Crippen LogP contribution in [-0.2, 0) is 9.47 Å². The maximum atomic E-state index is 10.0. The number of ether oxygens (including phenoxy) is 2. The van der Waals surface area contributed by atoms with Gasteiger partial charge >= 0.3 is 0 Å². The predicted molar refractivity (Wildman–Crippen MR) is 87.9 cm³/mol. The molecule has 1 fully saturated rings. The number of rotatable bonds is 5. The molecule has 1 saturated carbocycles. The highest BCUT2D eigenvalue weighted by Gasteiger charge is 2.93. The molecule has 124 valence electrons. The van der Waals surface area contributed by atoms with Gasteiger partial charge in [-0.05, 0) is 31.5 Å². The second-order valence-electron chi connectivity index (χ2n) is 5.77. The highest BCUT2D eigenvalue weighted by atomic mass is 35.5. The van der Waals surface area contributed by atoms with Crippen molar-refractivity contribution >= 4 is 17.4 Å². The van der Waals surface area contributed by atoms with Crippen LogP contribution in [0.3, 0.4) is 0 Å². The van der Waals surface area contributed by atoms with Crippen LogP contribution in [0, 0.1) is 33.5 Å². The van der Waals surface area contributed by atoms with Gasteiger partial charge in [-0.1, -0.05) is 23.7 Å². The van der Waals surface area contributed by atoms with Crippen molar-refractivity contribution in [1.29, 1.82) is 10.5 Å². The number of aliphatic imine (C=N–C) groups is 1. The van der Waals surface area contributed by atoms with E-state index in [1.165, 1.54) is 0 Å². The minimum Gasteiger partial charge on any atom is -0.386 e. The van der Waals surface area contributed by atoms with E-state index in [4.69, 9.17) is 26.8 Å². The van der Waals surface area contributed by atoms with Gasteiger partial charge in [0.1, 0.15) is 11.3 Å². The Hall–Kier alpha value is -2.12. The second kappa shape index (κ2) is 5.46. The number of hydrogen-bond donors (Lipinski definition) is 1. The molecule has 2 N–H and O–H groups in total. The zero-order valence-electron chi connectivity index (χ0n) is 13.4. The molecular formula is C17H17ClN4O2. The van der Waals surface area contributed by atoms with E-state index in [9.17, 15) is 10.5 Å². The third-order valence-corrected chi connectivity index (χ3v) is 5.02. The Morgan fingerprint density at radius 2 is 1.92 bits per heavy atom. The van der Waals surface area contributed by atoms with Crippen molar-refractivity contribution in [2.45, 2.75) is 25.7 Å². The number of fused-ring (bicyclic) bond motifs is 1. The molecule has 0 spiro atoms. The fourth-order valence-corrected chi connectivity index (χ4v) is 4.13. The number of amidine groups is 1. The molecule has 3 atom stereocenters. The summed E-state index contributed by atoms with van der Waals surface area (Å²) < 4.78 is 11.5. The number of hydrogen-bond acceptors (Lipinski definition) is 6. The van der Waals surface area contributed by atoms with E-state index in [-0.39, 0.29) is 19.0 Å². The first-order valence-corrected chi connectivity index (χ1v) is 8.09. The standard InChI is InChI=1S/C17H17ClN4O2/c1-3-23-17(24-4-2)16(10-20)13(11-6-5-7-12(18)8-11)15(16,9-19)14(21)22-17/h5-8,13H,3-4H2,1-2H3,(H2,21,22)/t13-,15+,16+/m0/s1. The van der Waals surface area contributed by atoms with E-state index in [2.05, 4.69) is 17.1 Å². The lowest BCUT2D eigenvalue weighted by atomic mass is 9.93. The zero-order valence-corrected chi connectivity index (χ0v) is 14.2. The fourth-order valence-electron chi connectivity index (χ4n) is 3.94. The average molecular weight is 345 g/mol. The van der Waals surface area contributed by atoms with Crippen LogP contribution in [0.2, 0.25) is 5.02 Å². The average Bonchev–Trinajstić information content (AvgIpc) is 3.14. The third kappa shape index (κ3) is 1.68. The quantitative estimate of drug-likeness (QED) is 0.826. The molecule has 1 aliphatic heterocycles. The predicted octanol–water partition coefficient (Wildman–Crippen LogP) is 2.55. The highest BCUT2D eigenvalue weighted by molar-refractivity contribution is 6.30. The molecule has 24 heavy (non-hydrogen) atoms. The number of halogens is 1. The van der Waals surface area contributed by atoms with Gasteiger partial charge in [0.05, 0.1) is 12.1 Å². The van der Waals surface area contributed by atoms with E-state index in [1.54, 1.807) is 32.0 Å². The van der Waals surface area contributed by atoms with Gasteiger partial charge in [-0.3, -0.25) is 0 Å². The van der Waals surface area contributed by atoms with Crippen molar-refractivity contribution in [3.63, 3.8) is 0 Å².